The largest absolute Gasteiger partial charge is 0.368 e. The molecule has 0 fully saturated rings. The van der Waals surface area contributed by atoms with Crippen LogP contribution in [-0.2, 0) is 4.79 Å². The normalized spacial score (nSPS) is 12.1. The van der Waals surface area contributed by atoms with Gasteiger partial charge in [-0.25, -0.2) is 4.98 Å². The van der Waals surface area contributed by atoms with Gasteiger partial charge in [0.1, 0.15) is 5.01 Å². The van der Waals surface area contributed by atoms with Crippen molar-refractivity contribution in [3.63, 3.8) is 0 Å². The first-order valence-electron chi connectivity index (χ1n) is 4.98. The topological polar surface area (TPSA) is 68.0 Å². The predicted molar refractivity (Wildman–Crippen MR) is 76.8 cm³/mol. The third-order valence-corrected chi connectivity index (χ3v) is 4.27. The van der Waals surface area contributed by atoms with E-state index in [-0.39, 0.29) is 0 Å². The monoisotopic (exact) mass is 345 g/mol. The molecule has 2 aromatic rings. The number of carbonyl (C=O) groups excluding carboxylic acids is 1. The Hall–Kier alpha value is -1.11. The van der Waals surface area contributed by atoms with Crippen LogP contribution < -0.4 is 11.1 Å². The minimum absolute atomic E-state index is 0.476. The Kier molecular flexibility index (Phi) is 4.21. The first-order valence-corrected chi connectivity index (χ1v) is 7.03. The zero-order valence-electron chi connectivity index (χ0n) is 9.06. The number of nitrogens with two attached hydrogens (primary N) is 1. The van der Waals surface area contributed by atoms with Crippen molar-refractivity contribution in [1.29, 1.82) is 0 Å². The van der Waals surface area contributed by atoms with Gasteiger partial charge in [0, 0.05) is 21.7 Å². The lowest BCUT2D eigenvalue weighted by Gasteiger charge is -2.14. The quantitative estimate of drug-likeness (QED) is 0.893. The molecule has 1 aromatic heterocycles. The Morgan fingerprint density at radius 2 is 2.33 bits per heavy atom. The van der Waals surface area contributed by atoms with Crippen molar-refractivity contribution in [1.82, 2.24) is 4.98 Å². The van der Waals surface area contributed by atoms with Crippen LogP contribution in [0.2, 0.25) is 5.02 Å². The molecule has 0 saturated carbocycles. The van der Waals surface area contributed by atoms with Gasteiger partial charge in [0.15, 0.2) is 6.04 Å². The van der Waals surface area contributed by atoms with Crippen molar-refractivity contribution in [3.05, 3.63) is 44.3 Å². The Balaban J connectivity index is 2.24. The van der Waals surface area contributed by atoms with E-state index in [1.165, 1.54) is 11.3 Å². The summed E-state index contributed by atoms with van der Waals surface area (Å²) in [6.07, 6.45) is 1.63. The molecular formula is C11H9BrClN3OS. The zero-order chi connectivity index (χ0) is 13.1. The summed E-state index contributed by atoms with van der Waals surface area (Å²) in [5, 5.41) is 6.07. The van der Waals surface area contributed by atoms with Crippen LogP contribution in [0.5, 0.6) is 0 Å². The number of rotatable bonds is 4. The first-order chi connectivity index (χ1) is 8.58. The first kappa shape index (κ1) is 13.3. The van der Waals surface area contributed by atoms with Gasteiger partial charge in [0.05, 0.1) is 5.02 Å². The number of aromatic nitrogens is 1. The van der Waals surface area contributed by atoms with Crippen LogP contribution in [-0.4, -0.2) is 10.9 Å². The molecule has 1 atom stereocenters. The van der Waals surface area contributed by atoms with Crippen LogP contribution in [0.4, 0.5) is 5.69 Å². The van der Waals surface area contributed by atoms with Gasteiger partial charge in [0.25, 0.3) is 0 Å². The van der Waals surface area contributed by atoms with E-state index in [0.717, 1.165) is 10.2 Å². The Labute approximate surface area is 121 Å². The van der Waals surface area contributed by atoms with Crippen LogP contribution >= 0.6 is 38.9 Å². The molecule has 0 saturated heterocycles. The Morgan fingerprint density at radius 1 is 1.56 bits per heavy atom. The molecule has 4 nitrogen and oxygen atoms in total. The van der Waals surface area contributed by atoms with E-state index >= 15 is 0 Å². The maximum absolute atomic E-state index is 11.4. The fourth-order valence-corrected chi connectivity index (χ4v) is 2.57. The van der Waals surface area contributed by atoms with Gasteiger partial charge in [-0.1, -0.05) is 11.6 Å². The number of thiazole rings is 1. The highest BCUT2D eigenvalue weighted by molar-refractivity contribution is 9.10. The van der Waals surface area contributed by atoms with Gasteiger partial charge in [-0.15, -0.1) is 11.3 Å². The molecule has 0 aliphatic carbocycles. The number of nitrogens with zero attached hydrogens (tertiary/aromatic N) is 1. The fraction of sp³-hybridized carbons (Fsp3) is 0.0909. The second kappa shape index (κ2) is 5.69. The highest BCUT2D eigenvalue weighted by atomic mass is 79.9. The number of halogens is 2. The van der Waals surface area contributed by atoms with Gasteiger partial charge < -0.3 is 11.1 Å². The molecule has 0 aliphatic rings. The van der Waals surface area contributed by atoms with E-state index in [4.69, 9.17) is 17.3 Å². The van der Waals surface area contributed by atoms with Crippen molar-refractivity contribution in [2.24, 2.45) is 5.73 Å². The summed E-state index contributed by atoms with van der Waals surface area (Å²) in [7, 11) is 0. The molecule has 3 N–H and O–H groups in total. The van der Waals surface area contributed by atoms with Crippen molar-refractivity contribution in [2.75, 3.05) is 5.32 Å². The number of benzene rings is 1. The summed E-state index contributed by atoms with van der Waals surface area (Å²) in [6, 6.07) is 4.65. The third kappa shape index (κ3) is 3.01. The molecule has 1 heterocycles. The summed E-state index contributed by atoms with van der Waals surface area (Å²) in [5.41, 5.74) is 6.11. The highest BCUT2D eigenvalue weighted by Gasteiger charge is 2.20. The van der Waals surface area contributed by atoms with Crippen molar-refractivity contribution in [3.8, 4) is 0 Å². The summed E-state index contributed by atoms with van der Waals surface area (Å²) >= 11 is 10.6. The number of anilines is 1. The lowest BCUT2D eigenvalue weighted by Crippen LogP contribution is -2.27. The molecular weight excluding hydrogens is 338 g/mol. The lowest BCUT2D eigenvalue weighted by molar-refractivity contribution is -0.118. The SMILES string of the molecule is NC(=O)C(Nc1ccc(Cl)c(Br)c1)c1nccs1. The average Bonchev–Trinajstić information content (AvgIpc) is 2.83. The number of carbonyl (C=O) groups is 1. The number of hydrogen-bond acceptors (Lipinski definition) is 4. The number of nitrogens with one attached hydrogen (secondary N) is 1. The highest BCUT2D eigenvalue weighted by Crippen LogP contribution is 2.28. The second-order valence-electron chi connectivity index (χ2n) is 3.48. The predicted octanol–water partition coefficient (Wildman–Crippen LogP) is 3.20. The second-order valence-corrected chi connectivity index (χ2v) is 5.67. The number of primary amides is 1. The van der Waals surface area contributed by atoms with Gasteiger partial charge in [-0.2, -0.15) is 0 Å². The summed E-state index contributed by atoms with van der Waals surface area (Å²) in [6.45, 7) is 0. The van der Waals surface area contributed by atoms with Crippen molar-refractivity contribution in [2.45, 2.75) is 6.04 Å². The van der Waals surface area contributed by atoms with Crippen molar-refractivity contribution < 1.29 is 4.79 Å². The van der Waals surface area contributed by atoms with E-state index < -0.39 is 11.9 Å². The standard InChI is InChI=1S/C11H9BrClN3OS/c12-7-5-6(1-2-8(7)13)16-9(10(14)17)11-15-3-4-18-11/h1-5,9,16H,(H2,14,17). The number of amides is 1. The van der Waals surface area contributed by atoms with E-state index in [1.54, 1.807) is 29.8 Å². The minimum atomic E-state index is -0.641. The molecule has 0 aliphatic heterocycles. The van der Waals surface area contributed by atoms with Crippen molar-refractivity contribution >= 4 is 50.5 Å². The van der Waals surface area contributed by atoms with Gasteiger partial charge >= 0.3 is 0 Å². The van der Waals surface area contributed by atoms with Crippen LogP contribution in [0, 0.1) is 0 Å². The van der Waals surface area contributed by atoms with Crippen LogP contribution in [0.25, 0.3) is 0 Å². The molecule has 1 amide bonds. The van der Waals surface area contributed by atoms with Crippen LogP contribution in [0.1, 0.15) is 11.0 Å². The maximum atomic E-state index is 11.4. The van der Waals surface area contributed by atoms with Gasteiger partial charge in [0.2, 0.25) is 5.91 Å². The summed E-state index contributed by atoms with van der Waals surface area (Å²) < 4.78 is 0.747. The van der Waals surface area contributed by atoms with E-state index in [1.807, 2.05) is 0 Å². The smallest absolute Gasteiger partial charge is 0.247 e. The van der Waals surface area contributed by atoms with E-state index in [0.29, 0.717) is 10.0 Å². The molecule has 94 valence electrons. The Morgan fingerprint density at radius 3 is 2.89 bits per heavy atom. The van der Waals surface area contributed by atoms with E-state index in [2.05, 4.69) is 26.2 Å². The zero-order valence-corrected chi connectivity index (χ0v) is 12.2. The van der Waals surface area contributed by atoms with Gasteiger partial charge in [-0.3, -0.25) is 4.79 Å². The maximum Gasteiger partial charge on any atom is 0.247 e. The molecule has 2 rings (SSSR count). The summed E-state index contributed by atoms with van der Waals surface area (Å²) in [4.78, 5) is 15.5. The fourth-order valence-electron chi connectivity index (χ4n) is 1.38. The summed E-state index contributed by atoms with van der Waals surface area (Å²) in [5.74, 6) is -0.476. The van der Waals surface area contributed by atoms with E-state index in [9.17, 15) is 4.79 Å². The lowest BCUT2D eigenvalue weighted by atomic mass is 10.2. The molecule has 18 heavy (non-hydrogen) atoms. The van der Waals surface area contributed by atoms with Gasteiger partial charge in [-0.05, 0) is 34.1 Å². The third-order valence-electron chi connectivity index (χ3n) is 2.21. The molecule has 1 aromatic carbocycles. The minimum Gasteiger partial charge on any atom is -0.368 e. The molecule has 0 bridgehead atoms. The van der Waals surface area contributed by atoms with Crippen LogP contribution in [0.15, 0.2) is 34.2 Å². The molecule has 1 unspecified atom stereocenters. The molecule has 0 radical (unpaired) electrons. The van der Waals surface area contributed by atoms with Crippen LogP contribution in [0.3, 0.4) is 0 Å². The molecule has 7 heteroatoms. The number of hydrogen-bond donors (Lipinski definition) is 2. The Bertz CT molecular complexity index is 561. The molecule has 0 spiro atoms. The average molecular weight is 347 g/mol.